The predicted octanol–water partition coefficient (Wildman–Crippen LogP) is 6.75. The minimum Gasteiger partial charge on any atom is -0.422 e. The van der Waals surface area contributed by atoms with E-state index in [2.05, 4.69) is 17.2 Å². The zero-order valence-corrected chi connectivity index (χ0v) is 19.1. The third-order valence-electron chi connectivity index (χ3n) is 5.36. The van der Waals surface area contributed by atoms with Gasteiger partial charge in [0.05, 0.1) is 5.56 Å². The van der Waals surface area contributed by atoms with Crippen molar-refractivity contribution in [2.24, 2.45) is 10.3 Å². The zero-order chi connectivity index (χ0) is 23.2. The number of unbranched alkanes of at least 4 members (excludes halogenated alkanes) is 7. The normalized spacial score (nSPS) is 12.1. The second-order valence-electron chi connectivity index (χ2n) is 7.98. The summed E-state index contributed by atoms with van der Waals surface area (Å²) in [4.78, 5) is 12.5. The lowest BCUT2D eigenvalue weighted by Crippen LogP contribution is -2.19. The highest BCUT2D eigenvalue weighted by Crippen LogP contribution is 2.24. The van der Waals surface area contributed by atoms with E-state index in [4.69, 9.17) is 4.74 Å². The van der Waals surface area contributed by atoms with Crippen LogP contribution in [0.15, 0.2) is 58.8 Å². The molecule has 2 N–H and O–H groups in total. The quantitative estimate of drug-likeness (QED) is 0.0903. The Morgan fingerprint density at radius 1 is 0.875 bits per heavy atom. The van der Waals surface area contributed by atoms with Crippen LogP contribution in [-0.2, 0) is 0 Å². The van der Waals surface area contributed by atoms with Crippen molar-refractivity contribution in [1.82, 2.24) is 0 Å². The van der Waals surface area contributed by atoms with E-state index in [9.17, 15) is 15.2 Å². The van der Waals surface area contributed by atoms with Crippen molar-refractivity contribution in [3.63, 3.8) is 0 Å². The van der Waals surface area contributed by atoms with Crippen LogP contribution in [0.25, 0.3) is 0 Å². The van der Waals surface area contributed by atoms with Gasteiger partial charge in [-0.15, -0.1) is 0 Å². The average Bonchev–Trinajstić information content (AvgIpc) is 2.82. The number of hydrogen-bond acceptors (Lipinski definition) is 6. The molecule has 2 aromatic rings. The van der Waals surface area contributed by atoms with Crippen molar-refractivity contribution in [3.05, 3.63) is 65.2 Å². The van der Waals surface area contributed by atoms with E-state index in [-0.39, 0.29) is 17.2 Å². The fraction of sp³-hybridized carbons (Fsp3) is 0.423. The van der Waals surface area contributed by atoms with E-state index in [0.29, 0.717) is 17.5 Å². The van der Waals surface area contributed by atoms with Gasteiger partial charge in [-0.2, -0.15) is 0 Å². The van der Waals surface area contributed by atoms with Gasteiger partial charge in [0, 0.05) is 5.56 Å². The Morgan fingerprint density at radius 2 is 1.53 bits per heavy atom. The van der Waals surface area contributed by atoms with Gasteiger partial charge in [-0.3, -0.25) is 0 Å². The molecule has 0 atom stereocenters. The lowest BCUT2D eigenvalue weighted by atomic mass is 9.98. The lowest BCUT2D eigenvalue weighted by Gasteiger charge is -2.13. The number of carbonyl (C=O) groups excluding carboxylic acids is 1. The number of carbonyl (C=O) groups is 1. The van der Waals surface area contributed by atoms with Gasteiger partial charge in [0.15, 0.2) is 0 Å². The Hall–Kier alpha value is -3.15. The molecule has 0 unspecified atom stereocenters. The highest BCUT2D eigenvalue weighted by Gasteiger charge is 2.20. The molecule has 0 radical (unpaired) electrons. The second-order valence-corrected chi connectivity index (χ2v) is 7.98. The lowest BCUT2D eigenvalue weighted by molar-refractivity contribution is 0.0734. The first-order valence-electron chi connectivity index (χ1n) is 11.4. The van der Waals surface area contributed by atoms with Gasteiger partial charge in [-0.25, -0.2) is 4.79 Å². The number of hydrogen-bond donors (Lipinski definition) is 2. The average molecular weight is 439 g/mol. The fourth-order valence-corrected chi connectivity index (χ4v) is 3.56. The Bertz CT molecular complexity index is 907. The van der Waals surface area contributed by atoms with Gasteiger partial charge in [0.25, 0.3) is 0 Å². The van der Waals surface area contributed by atoms with Gasteiger partial charge >= 0.3 is 5.97 Å². The number of esters is 1. The summed E-state index contributed by atoms with van der Waals surface area (Å²) in [7, 11) is 0. The van der Waals surface area contributed by atoms with E-state index in [1.807, 2.05) is 13.0 Å². The molecule has 0 fully saturated rings. The molecule has 6 heteroatoms. The molecule has 0 spiro atoms. The van der Waals surface area contributed by atoms with Crippen LogP contribution in [-0.4, -0.2) is 27.8 Å². The first-order chi connectivity index (χ1) is 15.6. The maximum absolute atomic E-state index is 12.5. The molecule has 0 amide bonds. The topological polar surface area (TPSA) is 91.5 Å². The molecular weight excluding hydrogens is 404 g/mol. The molecule has 0 saturated carbocycles. The third-order valence-corrected chi connectivity index (χ3v) is 5.36. The number of rotatable bonds is 13. The van der Waals surface area contributed by atoms with E-state index >= 15 is 0 Å². The van der Waals surface area contributed by atoms with Crippen molar-refractivity contribution < 1.29 is 19.9 Å². The number of oxime groups is 2. The summed E-state index contributed by atoms with van der Waals surface area (Å²) < 4.78 is 5.59. The van der Waals surface area contributed by atoms with Gasteiger partial charge in [0.2, 0.25) is 0 Å². The second kappa shape index (κ2) is 14.0. The Kier molecular flexibility index (Phi) is 11.0. The summed E-state index contributed by atoms with van der Waals surface area (Å²) in [6.07, 6.45) is 9.65. The van der Waals surface area contributed by atoms with E-state index in [1.54, 1.807) is 42.5 Å². The molecule has 0 aromatic heterocycles. The van der Waals surface area contributed by atoms with Crippen LogP contribution in [0.4, 0.5) is 0 Å². The smallest absolute Gasteiger partial charge is 0.343 e. The van der Waals surface area contributed by atoms with Crippen molar-refractivity contribution in [2.45, 2.75) is 71.6 Å². The van der Waals surface area contributed by atoms with Crippen LogP contribution >= 0.6 is 0 Å². The van der Waals surface area contributed by atoms with Crippen LogP contribution in [0.1, 0.15) is 86.2 Å². The minimum atomic E-state index is -0.515. The van der Waals surface area contributed by atoms with Crippen molar-refractivity contribution in [2.75, 3.05) is 0 Å². The molecule has 0 aliphatic heterocycles. The number of nitrogens with zero attached hydrogens (tertiary/aromatic N) is 2. The molecule has 6 nitrogen and oxygen atoms in total. The SMILES string of the molecule is CCCCCCCCCCC(=N/O)/C(=N\O)c1cc(C)ccc1OC(=O)c1ccccc1. The Balaban J connectivity index is 2.06. The maximum atomic E-state index is 12.5. The molecule has 172 valence electrons. The highest BCUT2D eigenvalue weighted by atomic mass is 16.5. The van der Waals surface area contributed by atoms with Crippen molar-refractivity contribution in [3.8, 4) is 5.75 Å². The molecular formula is C26H34N2O4. The number of ether oxygens (including phenoxy) is 1. The molecule has 2 aromatic carbocycles. The molecule has 0 heterocycles. The first-order valence-corrected chi connectivity index (χ1v) is 11.4. The number of aryl methyl sites for hydroxylation is 1. The molecule has 0 bridgehead atoms. The minimum absolute atomic E-state index is 0.106. The van der Waals surface area contributed by atoms with Crippen LogP contribution in [0, 0.1) is 6.92 Å². The Morgan fingerprint density at radius 3 is 2.16 bits per heavy atom. The van der Waals surface area contributed by atoms with Crippen molar-refractivity contribution in [1.29, 1.82) is 0 Å². The van der Waals surface area contributed by atoms with Gasteiger partial charge < -0.3 is 15.2 Å². The van der Waals surface area contributed by atoms with Crippen molar-refractivity contribution >= 4 is 17.4 Å². The number of benzene rings is 2. The summed E-state index contributed by atoms with van der Waals surface area (Å²) in [5, 5.41) is 26.1. The summed E-state index contributed by atoms with van der Waals surface area (Å²) in [5.74, 6) is -0.270. The molecule has 0 saturated heterocycles. The molecule has 0 aliphatic rings. The summed E-state index contributed by atoms with van der Waals surface area (Å²) in [6, 6.07) is 13.9. The van der Waals surface area contributed by atoms with Gasteiger partial charge in [-0.05, 0) is 44.0 Å². The molecule has 2 rings (SSSR count). The third kappa shape index (κ3) is 7.84. The van der Waals surface area contributed by atoms with Crippen LogP contribution in [0.5, 0.6) is 5.75 Å². The highest BCUT2D eigenvalue weighted by molar-refractivity contribution is 6.48. The monoisotopic (exact) mass is 438 g/mol. The largest absolute Gasteiger partial charge is 0.422 e. The maximum Gasteiger partial charge on any atom is 0.343 e. The van der Waals surface area contributed by atoms with Gasteiger partial charge in [-0.1, -0.05) is 92.0 Å². The van der Waals surface area contributed by atoms with E-state index < -0.39 is 5.97 Å². The van der Waals surface area contributed by atoms with Crippen LogP contribution < -0.4 is 4.74 Å². The standard InChI is InChI=1S/C26H34N2O4/c1-3-4-5-6-7-8-9-13-16-23(27-30)25(28-31)22-19-20(2)17-18-24(22)32-26(29)21-14-11-10-12-15-21/h10-12,14-15,17-19,30-31H,3-9,13,16H2,1-2H3/b27-23-,28-25-. The van der Waals surface area contributed by atoms with E-state index in [0.717, 1.165) is 24.8 Å². The molecule has 0 aliphatic carbocycles. The van der Waals surface area contributed by atoms with Crippen LogP contribution in [0.3, 0.4) is 0 Å². The summed E-state index contributed by atoms with van der Waals surface area (Å²) >= 11 is 0. The zero-order valence-electron chi connectivity index (χ0n) is 19.1. The Labute approximate surface area is 190 Å². The predicted molar refractivity (Wildman–Crippen MR) is 127 cm³/mol. The fourth-order valence-electron chi connectivity index (χ4n) is 3.56. The first kappa shape index (κ1) is 25.1. The van der Waals surface area contributed by atoms with Crippen LogP contribution in [0.2, 0.25) is 0 Å². The van der Waals surface area contributed by atoms with E-state index in [1.165, 1.54) is 32.1 Å². The summed E-state index contributed by atoms with van der Waals surface area (Å²) in [6.45, 7) is 4.09. The van der Waals surface area contributed by atoms with Gasteiger partial charge in [0.1, 0.15) is 17.2 Å². The summed E-state index contributed by atoms with van der Waals surface area (Å²) in [5.41, 5.74) is 2.08. The molecule has 32 heavy (non-hydrogen) atoms.